The van der Waals surface area contributed by atoms with Gasteiger partial charge in [0.05, 0.1) is 0 Å². The molecule has 1 heteroatoms. The van der Waals surface area contributed by atoms with E-state index >= 15 is 0 Å². The molecule has 0 aromatic heterocycles. The average Bonchev–Trinajstić information content (AvgIpc) is 3.22. The fraction of sp³-hybridized carbons (Fsp3) is 0.250. The lowest BCUT2D eigenvalue weighted by atomic mass is 10.0. The van der Waals surface area contributed by atoms with Crippen molar-refractivity contribution in [1.29, 1.82) is 0 Å². The summed E-state index contributed by atoms with van der Waals surface area (Å²) in [7, 11) is 0. The average molecular weight is 223 g/mol. The van der Waals surface area contributed by atoms with E-state index in [0.29, 0.717) is 0 Å². The van der Waals surface area contributed by atoms with Gasteiger partial charge in [-0.05, 0) is 42.0 Å². The van der Waals surface area contributed by atoms with Crippen molar-refractivity contribution in [3.05, 3.63) is 65.7 Å². The Labute approximate surface area is 102 Å². The molecule has 0 atom stereocenters. The molecular weight excluding hydrogens is 206 g/mol. The lowest BCUT2D eigenvalue weighted by Crippen LogP contribution is -2.02. The largest absolute Gasteiger partial charge is 0.381 e. The maximum absolute atomic E-state index is 3.48. The van der Waals surface area contributed by atoms with E-state index in [9.17, 15) is 0 Å². The molecule has 3 rings (SSSR count). The Morgan fingerprint density at radius 3 is 2.35 bits per heavy atom. The molecule has 1 saturated carbocycles. The Kier molecular flexibility index (Phi) is 2.83. The number of anilines is 1. The normalized spacial score (nSPS) is 14.6. The summed E-state index contributed by atoms with van der Waals surface area (Å²) in [6, 6.07) is 19.2. The predicted octanol–water partition coefficient (Wildman–Crippen LogP) is 4.18. The molecule has 0 amide bonds. The van der Waals surface area contributed by atoms with Gasteiger partial charge in [-0.2, -0.15) is 0 Å². The van der Waals surface area contributed by atoms with E-state index in [-0.39, 0.29) is 0 Å². The Hall–Kier alpha value is -1.76. The summed E-state index contributed by atoms with van der Waals surface area (Å²) in [6.07, 6.45) is 2.73. The quantitative estimate of drug-likeness (QED) is 0.820. The fourth-order valence-corrected chi connectivity index (χ4v) is 2.24. The molecule has 2 aromatic rings. The SMILES string of the molecule is c1ccc(NCc2ccccc2C2CC2)cc1. The highest BCUT2D eigenvalue weighted by molar-refractivity contribution is 5.44. The minimum atomic E-state index is 0.823. The van der Waals surface area contributed by atoms with Crippen LogP contribution in [0.4, 0.5) is 5.69 Å². The molecule has 1 nitrogen and oxygen atoms in total. The van der Waals surface area contributed by atoms with E-state index in [4.69, 9.17) is 0 Å². The van der Waals surface area contributed by atoms with E-state index in [0.717, 1.165) is 12.5 Å². The summed E-state index contributed by atoms with van der Waals surface area (Å²) in [5.74, 6) is 0.823. The lowest BCUT2D eigenvalue weighted by molar-refractivity contribution is 1.04. The van der Waals surface area contributed by atoms with Crippen LogP contribution in [-0.2, 0) is 6.54 Å². The zero-order valence-electron chi connectivity index (χ0n) is 9.89. The van der Waals surface area contributed by atoms with Crippen LogP contribution in [0.15, 0.2) is 54.6 Å². The van der Waals surface area contributed by atoms with Crippen LogP contribution >= 0.6 is 0 Å². The van der Waals surface area contributed by atoms with Crippen molar-refractivity contribution in [2.45, 2.75) is 25.3 Å². The number of hydrogen-bond acceptors (Lipinski definition) is 1. The molecule has 1 aliphatic rings. The first kappa shape index (κ1) is 10.4. The van der Waals surface area contributed by atoms with Gasteiger partial charge in [0.15, 0.2) is 0 Å². The minimum absolute atomic E-state index is 0.823. The highest BCUT2D eigenvalue weighted by Crippen LogP contribution is 2.41. The molecule has 0 aliphatic heterocycles. The van der Waals surface area contributed by atoms with Crippen LogP contribution in [0.5, 0.6) is 0 Å². The van der Waals surface area contributed by atoms with Crippen LogP contribution < -0.4 is 5.32 Å². The van der Waals surface area contributed by atoms with E-state index in [1.807, 2.05) is 6.07 Å². The highest BCUT2D eigenvalue weighted by atomic mass is 14.9. The van der Waals surface area contributed by atoms with Crippen molar-refractivity contribution in [1.82, 2.24) is 0 Å². The zero-order valence-corrected chi connectivity index (χ0v) is 9.89. The van der Waals surface area contributed by atoms with Crippen LogP contribution in [0.3, 0.4) is 0 Å². The van der Waals surface area contributed by atoms with Crippen LogP contribution in [-0.4, -0.2) is 0 Å². The van der Waals surface area contributed by atoms with Crippen molar-refractivity contribution >= 4 is 5.69 Å². The van der Waals surface area contributed by atoms with E-state index in [2.05, 4.69) is 53.8 Å². The molecule has 1 N–H and O–H groups in total. The van der Waals surface area contributed by atoms with Gasteiger partial charge in [-0.1, -0.05) is 42.5 Å². The third-order valence-corrected chi connectivity index (χ3v) is 3.33. The molecule has 0 heterocycles. The predicted molar refractivity (Wildman–Crippen MR) is 72.2 cm³/mol. The molecule has 2 aromatic carbocycles. The number of nitrogens with one attached hydrogen (secondary N) is 1. The summed E-state index contributed by atoms with van der Waals surface area (Å²) in [6.45, 7) is 0.927. The number of hydrogen-bond donors (Lipinski definition) is 1. The number of benzene rings is 2. The third-order valence-electron chi connectivity index (χ3n) is 3.33. The van der Waals surface area contributed by atoms with Gasteiger partial charge < -0.3 is 5.32 Å². The van der Waals surface area contributed by atoms with Crippen molar-refractivity contribution < 1.29 is 0 Å². The third kappa shape index (κ3) is 2.50. The standard InChI is InChI=1S/C16H17N/c1-2-7-15(8-3-1)17-12-14-6-4-5-9-16(14)13-10-11-13/h1-9,13,17H,10-12H2. The second-order valence-electron chi connectivity index (χ2n) is 4.69. The smallest absolute Gasteiger partial charge is 0.0403 e. The minimum Gasteiger partial charge on any atom is -0.381 e. The Bertz CT molecular complexity index is 486. The molecule has 0 spiro atoms. The van der Waals surface area contributed by atoms with Gasteiger partial charge in [0.25, 0.3) is 0 Å². The van der Waals surface area contributed by atoms with Crippen LogP contribution in [0.2, 0.25) is 0 Å². The summed E-state index contributed by atoms with van der Waals surface area (Å²) < 4.78 is 0. The molecule has 1 aliphatic carbocycles. The van der Waals surface area contributed by atoms with Crippen LogP contribution in [0.1, 0.15) is 29.9 Å². The van der Waals surface area contributed by atoms with Crippen LogP contribution in [0, 0.1) is 0 Å². The second-order valence-corrected chi connectivity index (χ2v) is 4.69. The first-order valence-electron chi connectivity index (χ1n) is 6.30. The molecule has 17 heavy (non-hydrogen) atoms. The molecule has 0 radical (unpaired) electrons. The van der Waals surface area contributed by atoms with Crippen molar-refractivity contribution in [3.63, 3.8) is 0 Å². The van der Waals surface area contributed by atoms with Crippen molar-refractivity contribution in [3.8, 4) is 0 Å². The molecule has 0 saturated heterocycles. The van der Waals surface area contributed by atoms with E-state index in [1.165, 1.54) is 29.7 Å². The zero-order chi connectivity index (χ0) is 11.5. The molecule has 86 valence electrons. The maximum Gasteiger partial charge on any atom is 0.0403 e. The van der Waals surface area contributed by atoms with E-state index in [1.54, 1.807) is 0 Å². The molecule has 1 fully saturated rings. The fourth-order valence-electron chi connectivity index (χ4n) is 2.24. The molecule has 0 unspecified atom stereocenters. The summed E-state index contributed by atoms with van der Waals surface area (Å²) in [5.41, 5.74) is 4.17. The summed E-state index contributed by atoms with van der Waals surface area (Å²) >= 11 is 0. The lowest BCUT2D eigenvalue weighted by Gasteiger charge is -2.10. The highest BCUT2D eigenvalue weighted by Gasteiger charge is 2.25. The van der Waals surface area contributed by atoms with Gasteiger partial charge in [0, 0.05) is 12.2 Å². The van der Waals surface area contributed by atoms with Crippen molar-refractivity contribution in [2.24, 2.45) is 0 Å². The van der Waals surface area contributed by atoms with Gasteiger partial charge in [-0.25, -0.2) is 0 Å². The van der Waals surface area contributed by atoms with Gasteiger partial charge in [0.1, 0.15) is 0 Å². The Morgan fingerprint density at radius 2 is 1.59 bits per heavy atom. The molecular formula is C16H17N. The van der Waals surface area contributed by atoms with Gasteiger partial charge in [0.2, 0.25) is 0 Å². The molecule has 0 bridgehead atoms. The number of para-hydroxylation sites is 1. The maximum atomic E-state index is 3.48. The van der Waals surface area contributed by atoms with Gasteiger partial charge in [-0.15, -0.1) is 0 Å². The summed E-state index contributed by atoms with van der Waals surface area (Å²) in [4.78, 5) is 0. The van der Waals surface area contributed by atoms with E-state index < -0.39 is 0 Å². The first-order valence-corrected chi connectivity index (χ1v) is 6.30. The Balaban J connectivity index is 1.73. The second kappa shape index (κ2) is 4.62. The van der Waals surface area contributed by atoms with Gasteiger partial charge >= 0.3 is 0 Å². The Morgan fingerprint density at radius 1 is 0.882 bits per heavy atom. The van der Waals surface area contributed by atoms with Crippen molar-refractivity contribution in [2.75, 3.05) is 5.32 Å². The summed E-state index contributed by atoms with van der Waals surface area (Å²) in [5, 5.41) is 3.48. The van der Waals surface area contributed by atoms with Gasteiger partial charge in [-0.3, -0.25) is 0 Å². The first-order chi connectivity index (χ1) is 8.43. The van der Waals surface area contributed by atoms with Crippen LogP contribution in [0.25, 0.3) is 0 Å². The monoisotopic (exact) mass is 223 g/mol. The topological polar surface area (TPSA) is 12.0 Å². The number of rotatable bonds is 4.